The molecule has 0 N–H and O–H groups in total. The summed E-state index contributed by atoms with van der Waals surface area (Å²) < 4.78 is 14.4. The van der Waals surface area contributed by atoms with Crippen LogP contribution >= 0.6 is 11.8 Å². The van der Waals surface area contributed by atoms with Crippen LogP contribution in [0.5, 0.6) is 0 Å². The molecule has 1 aliphatic heterocycles. The highest BCUT2D eigenvalue weighted by Gasteiger charge is 2.51. The van der Waals surface area contributed by atoms with Crippen LogP contribution in [-0.2, 0) is 39.2 Å². The molecule has 1 aliphatic carbocycles. The molecule has 0 spiro atoms. The largest absolute Gasteiger partial charge is 0.494 e. The smallest absolute Gasteiger partial charge is 0.399 e. The highest BCUT2D eigenvalue weighted by molar-refractivity contribution is 7.98. The van der Waals surface area contributed by atoms with Gasteiger partial charge in [-0.1, -0.05) is 63.7 Å². The molecule has 0 radical (unpaired) electrons. The van der Waals surface area contributed by atoms with Crippen molar-refractivity contribution < 1.29 is 14.1 Å². The molecule has 2 aromatic rings. The summed E-state index contributed by atoms with van der Waals surface area (Å²) in [7, 11) is -0.399. The van der Waals surface area contributed by atoms with Gasteiger partial charge in [-0.2, -0.15) is 4.98 Å². The number of carbonyl (C=O) groups excluding carboxylic acids is 1. The zero-order chi connectivity index (χ0) is 31.1. The second-order valence-corrected chi connectivity index (χ2v) is 12.6. The van der Waals surface area contributed by atoms with E-state index < -0.39 is 7.12 Å². The van der Waals surface area contributed by atoms with Crippen molar-refractivity contribution in [2.24, 2.45) is 0 Å². The van der Waals surface area contributed by atoms with Crippen molar-refractivity contribution in [2.45, 2.75) is 110 Å². The Labute approximate surface area is 257 Å². The fourth-order valence-corrected chi connectivity index (χ4v) is 6.22. The molecule has 0 bridgehead atoms. The van der Waals surface area contributed by atoms with E-state index in [1.165, 1.54) is 11.8 Å². The molecule has 2 aliphatic rings. The van der Waals surface area contributed by atoms with Gasteiger partial charge in [-0.3, -0.25) is 9.59 Å². The van der Waals surface area contributed by atoms with Gasteiger partial charge in [-0.05, 0) is 78.0 Å². The number of aromatic nitrogens is 2. The Morgan fingerprint density at radius 1 is 0.976 bits per heavy atom. The lowest BCUT2D eigenvalue weighted by Crippen LogP contribution is -2.41. The zero-order valence-corrected chi connectivity index (χ0v) is 28.1. The van der Waals surface area contributed by atoms with Gasteiger partial charge in [0, 0.05) is 36.6 Å². The van der Waals surface area contributed by atoms with Crippen LogP contribution in [0.1, 0.15) is 85.6 Å². The Bertz CT molecular complexity index is 1230. The number of nitrogens with zero attached hydrogens (tertiary/aromatic N) is 4. The third kappa shape index (κ3) is 7.87. The number of thioether (sulfide) groups is 1. The molecule has 10 heteroatoms. The van der Waals surface area contributed by atoms with E-state index in [4.69, 9.17) is 9.31 Å². The highest BCUT2D eigenvalue weighted by atomic mass is 32.2. The second kappa shape index (κ2) is 15.0. The maximum absolute atomic E-state index is 13.4. The maximum atomic E-state index is 13.4. The first-order chi connectivity index (χ1) is 20.0. The van der Waals surface area contributed by atoms with Crippen LogP contribution in [0.25, 0.3) is 0 Å². The van der Waals surface area contributed by atoms with Crippen molar-refractivity contribution in [1.29, 1.82) is 0 Å². The predicted molar refractivity (Wildman–Crippen MR) is 174 cm³/mol. The number of rotatable bonds is 12. The Hall–Kier alpha value is -2.14. The van der Waals surface area contributed by atoms with Crippen molar-refractivity contribution in [3.63, 3.8) is 0 Å². The average molecular weight is 599 g/mol. The van der Waals surface area contributed by atoms with Crippen molar-refractivity contribution in [2.75, 3.05) is 32.7 Å². The Morgan fingerprint density at radius 2 is 1.60 bits per heavy atom. The molecule has 0 saturated carbocycles. The molecule has 4 rings (SSSR count). The van der Waals surface area contributed by atoms with Gasteiger partial charge in [-0.15, -0.1) is 0 Å². The van der Waals surface area contributed by atoms with Gasteiger partial charge < -0.3 is 23.7 Å². The molecule has 2 heterocycles. The quantitative estimate of drug-likeness (QED) is 0.202. The molecule has 0 unspecified atom stereocenters. The van der Waals surface area contributed by atoms with Crippen LogP contribution in [0.3, 0.4) is 0 Å². The number of benzene rings is 1. The van der Waals surface area contributed by atoms with E-state index in [0.717, 1.165) is 61.2 Å². The van der Waals surface area contributed by atoms with E-state index in [0.29, 0.717) is 24.0 Å². The first-order valence-electron chi connectivity index (χ1n) is 15.7. The van der Waals surface area contributed by atoms with Crippen molar-refractivity contribution >= 4 is 30.3 Å². The normalized spacial score (nSPS) is 16.8. The lowest BCUT2D eigenvalue weighted by Gasteiger charge is -2.32. The SMILES string of the molecule is CC.CCN(CC)CCN(CC)C(=O)Cn1c(SCc2ccc(B3OC(C)(C)C(C)(C)O3)cc2)nc(=O)c2c1CCC2. The standard InChI is InChI=1S/C30H45BN4O4S.C2H6/c1-8-33(9-2)18-19-34(10-3)26(36)20-35-25-13-11-12-24(25)27(37)32-28(35)40-21-22-14-16-23(17-15-22)31-38-29(4,5)30(6,7)39-31;1-2/h14-17H,8-13,18-21H2,1-7H3;1-2H3. The van der Waals surface area contributed by atoms with Crippen LogP contribution in [0.2, 0.25) is 0 Å². The fraction of sp³-hybridized carbons (Fsp3) is 0.656. The molecular weight excluding hydrogens is 547 g/mol. The third-order valence-electron chi connectivity index (χ3n) is 8.68. The van der Waals surface area contributed by atoms with E-state index >= 15 is 0 Å². The van der Waals surface area contributed by atoms with Gasteiger partial charge in [0.1, 0.15) is 6.54 Å². The lowest BCUT2D eigenvalue weighted by molar-refractivity contribution is -0.132. The molecule has 1 fully saturated rings. The minimum absolute atomic E-state index is 0.0721. The summed E-state index contributed by atoms with van der Waals surface area (Å²) in [5.74, 6) is 0.713. The number of likely N-dealkylation sites (N-methyl/N-ethyl adjacent to an activating group) is 2. The number of hydrogen-bond donors (Lipinski definition) is 0. The van der Waals surface area contributed by atoms with Gasteiger partial charge in [0.05, 0.1) is 11.2 Å². The zero-order valence-electron chi connectivity index (χ0n) is 27.3. The minimum atomic E-state index is -0.399. The molecule has 1 aromatic heterocycles. The van der Waals surface area contributed by atoms with E-state index in [1.54, 1.807) is 0 Å². The van der Waals surface area contributed by atoms with Crippen molar-refractivity contribution in [3.05, 3.63) is 51.4 Å². The summed E-state index contributed by atoms with van der Waals surface area (Å²) >= 11 is 1.52. The van der Waals surface area contributed by atoms with Gasteiger partial charge in [0.15, 0.2) is 5.16 Å². The summed E-state index contributed by atoms with van der Waals surface area (Å²) in [6.45, 7) is 22.9. The molecule has 1 amide bonds. The molecule has 1 aromatic carbocycles. The van der Waals surface area contributed by atoms with Gasteiger partial charge in [-0.25, -0.2) is 0 Å². The monoisotopic (exact) mass is 598 g/mol. The highest BCUT2D eigenvalue weighted by Crippen LogP contribution is 2.36. The van der Waals surface area contributed by atoms with E-state index in [2.05, 4.69) is 63.6 Å². The summed E-state index contributed by atoms with van der Waals surface area (Å²) in [4.78, 5) is 35.0. The number of fused-ring (bicyclic) bond motifs is 1. The molecule has 0 atom stereocenters. The Morgan fingerprint density at radius 3 is 2.17 bits per heavy atom. The van der Waals surface area contributed by atoms with Crippen molar-refractivity contribution in [3.8, 4) is 0 Å². The van der Waals surface area contributed by atoms with E-state index in [1.807, 2.05) is 42.4 Å². The first kappa shape index (κ1) is 34.4. The number of amides is 1. The fourth-order valence-electron chi connectivity index (χ4n) is 5.25. The van der Waals surface area contributed by atoms with E-state index in [-0.39, 0.29) is 29.2 Å². The topological polar surface area (TPSA) is 76.9 Å². The van der Waals surface area contributed by atoms with E-state index in [9.17, 15) is 9.59 Å². The van der Waals surface area contributed by atoms with Crippen LogP contribution in [0.4, 0.5) is 0 Å². The number of carbonyl (C=O) groups is 1. The summed E-state index contributed by atoms with van der Waals surface area (Å²) in [6, 6.07) is 8.22. The van der Waals surface area contributed by atoms with Gasteiger partial charge in [0.2, 0.25) is 5.91 Å². The first-order valence-corrected chi connectivity index (χ1v) is 16.7. The van der Waals surface area contributed by atoms with Gasteiger partial charge >= 0.3 is 7.12 Å². The minimum Gasteiger partial charge on any atom is -0.399 e. The summed E-state index contributed by atoms with van der Waals surface area (Å²) in [5.41, 5.74) is 2.92. The molecule has 1 saturated heterocycles. The van der Waals surface area contributed by atoms with Crippen molar-refractivity contribution in [1.82, 2.24) is 19.4 Å². The van der Waals surface area contributed by atoms with Crippen LogP contribution in [0.15, 0.2) is 34.2 Å². The Balaban J connectivity index is 0.00000237. The third-order valence-corrected chi connectivity index (χ3v) is 9.73. The van der Waals surface area contributed by atoms with Gasteiger partial charge in [0.25, 0.3) is 5.56 Å². The molecule has 8 nitrogen and oxygen atoms in total. The summed E-state index contributed by atoms with van der Waals surface area (Å²) in [5, 5.41) is 0.619. The summed E-state index contributed by atoms with van der Waals surface area (Å²) in [6.07, 6.45) is 2.47. The lowest BCUT2D eigenvalue weighted by atomic mass is 9.79. The van der Waals surface area contributed by atoms with Crippen LogP contribution < -0.4 is 11.0 Å². The molecule has 232 valence electrons. The molecular formula is C32H51BN4O4S. The average Bonchev–Trinajstić information content (AvgIpc) is 3.55. The molecule has 42 heavy (non-hydrogen) atoms. The van der Waals surface area contributed by atoms with Crippen LogP contribution in [0, 0.1) is 0 Å². The maximum Gasteiger partial charge on any atom is 0.494 e. The Kier molecular flexibility index (Phi) is 12.3. The van der Waals surface area contributed by atoms with Crippen LogP contribution in [-0.4, -0.2) is 76.3 Å². The predicted octanol–water partition coefficient (Wildman–Crippen LogP) is 4.54. The second-order valence-electron chi connectivity index (χ2n) is 11.7. The number of hydrogen-bond acceptors (Lipinski definition) is 7.